The van der Waals surface area contributed by atoms with Crippen LogP contribution in [0.25, 0.3) is 0 Å². The molecule has 2 heterocycles. The van der Waals surface area contributed by atoms with E-state index in [9.17, 15) is 9.65 Å². The average molecular weight is 339 g/mol. The van der Waals surface area contributed by atoms with Crippen LogP contribution < -0.4 is 11.1 Å². The summed E-state index contributed by atoms with van der Waals surface area (Å²) in [6.07, 6.45) is 2.50. The number of halogens is 1. The number of nitrogens with two attached hydrogens (primary N) is 1. The van der Waals surface area contributed by atoms with E-state index in [0.29, 0.717) is 30.9 Å². The van der Waals surface area contributed by atoms with Crippen LogP contribution in [0.3, 0.4) is 0 Å². The van der Waals surface area contributed by atoms with E-state index in [-0.39, 0.29) is 12.0 Å². The van der Waals surface area contributed by atoms with Gasteiger partial charge in [-0.2, -0.15) is 10.4 Å². The molecule has 5 nitrogen and oxygen atoms in total. The Kier molecular flexibility index (Phi) is 4.18. The van der Waals surface area contributed by atoms with Crippen molar-refractivity contribution in [3.8, 4) is 6.07 Å². The number of nitrogens with one attached hydrogen (secondary N) is 1. The predicted molar refractivity (Wildman–Crippen MR) is 93.9 cm³/mol. The fourth-order valence-corrected chi connectivity index (χ4v) is 4.08. The van der Waals surface area contributed by atoms with Gasteiger partial charge in [-0.25, -0.2) is 9.07 Å². The molecule has 3 N–H and O–H groups in total. The number of benzene rings is 1. The summed E-state index contributed by atoms with van der Waals surface area (Å²) in [5.74, 6) is 0.610. The predicted octanol–water partition coefficient (Wildman–Crippen LogP) is 2.31. The number of aryl methyl sites for hydroxylation is 1. The van der Waals surface area contributed by atoms with Gasteiger partial charge in [0.25, 0.3) is 0 Å². The summed E-state index contributed by atoms with van der Waals surface area (Å²) >= 11 is 0. The van der Waals surface area contributed by atoms with Gasteiger partial charge in [0.1, 0.15) is 23.6 Å². The van der Waals surface area contributed by atoms with E-state index in [0.717, 1.165) is 25.0 Å². The van der Waals surface area contributed by atoms with Crippen molar-refractivity contribution in [1.29, 1.82) is 5.26 Å². The first-order valence-electron chi connectivity index (χ1n) is 8.86. The number of nitrogens with zero attached hydrogens (tertiary/aromatic N) is 3. The maximum Gasteiger partial charge on any atom is 0.140 e. The number of hydrogen-bond donors (Lipinski definition) is 2. The fraction of sp³-hybridized carbons (Fsp3) is 0.474. The highest BCUT2D eigenvalue weighted by Crippen LogP contribution is 2.35. The molecule has 1 saturated heterocycles. The molecule has 2 aliphatic rings. The minimum atomic E-state index is -0.813. The minimum Gasteiger partial charge on any atom is -0.383 e. The van der Waals surface area contributed by atoms with Crippen molar-refractivity contribution in [3.05, 3.63) is 46.6 Å². The molecule has 0 saturated carbocycles. The number of rotatable bonds is 3. The monoisotopic (exact) mass is 339 g/mol. The highest BCUT2D eigenvalue weighted by Gasteiger charge is 2.29. The van der Waals surface area contributed by atoms with Crippen molar-refractivity contribution in [2.45, 2.75) is 50.4 Å². The topological polar surface area (TPSA) is 79.7 Å². The van der Waals surface area contributed by atoms with E-state index in [1.165, 1.54) is 11.1 Å². The van der Waals surface area contributed by atoms with Crippen LogP contribution in [0.2, 0.25) is 0 Å². The Morgan fingerprint density at radius 3 is 2.88 bits per heavy atom. The number of nitriles is 1. The van der Waals surface area contributed by atoms with E-state index in [2.05, 4.69) is 40.8 Å². The van der Waals surface area contributed by atoms with Crippen LogP contribution >= 0.6 is 0 Å². The first-order chi connectivity index (χ1) is 12.2. The van der Waals surface area contributed by atoms with E-state index in [4.69, 9.17) is 5.73 Å². The maximum atomic E-state index is 13.4. The van der Waals surface area contributed by atoms with Crippen molar-refractivity contribution in [1.82, 2.24) is 15.1 Å². The molecule has 1 aromatic heterocycles. The average Bonchev–Trinajstić information content (AvgIpc) is 3.18. The van der Waals surface area contributed by atoms with Gasteiger partial charge >= 0.3 is 0 Å². The third-order valence-electron chi connectivity index (χ3n) is 5.43. The molecule has 0 bridgehead atoms. The molecule has 4 rings (SSSR count). The lowest BCUT2D eigenvalue weighted by Crippen LogP contribution is -2.28. The van der Waals surface area contributed by atoms with Crippen LogP contribution in [0.4, 0.5) is 10.2 Å². The molecule has 0 spiro atoms. The van der Waals surface area contributed by atoms with Crippen LogP contribution in [0, 0.1) is 11.3 Å². The number of fused-ring (bicyclic) bond motifs is 1. The molecule has 0 amide bonds. The molecule has 130 valence electrons. The molecule has 2 aromatic rings. The second-order valence-electron chi connectivity index (χ2n) is 7.09. The largest absolute Gasteiger partial charge is 0.383 e. The smallest absolute Gasteiger partial charge is 0.140 e. The molecule has 6 heteroatoms. The van der Waals surface area contributed by atoms with Gasteiger partial charge in [0.2, 0.25) is 0 Å². The van der Waals surface area contributed by atoms with Crippen molar-refractivity contribution in [2.24, 2.45) is 0 Å². The van der Waals surface area contributed by atoms with Gasteiger partial charge < -0.3 is 11.1 Å². The van der Waals surface area contributed by atoms with Crippen LogP contribution in [0.1, 0.15) is 41.1 Å². The molecule has 1 aliphatic carbocycles. The van der Waals surface area contributed by atoms with E-state index in [1.54, 1.807) is 4.68 Å². The maximum absolute atomic E-state index is 13.4. The Balaban J connectivity index is 1.60. The second kappa shape index (κ2) is 6.49. The molecule has 1 fully saturated rings. The van der Waals surface area contributed by atoms with Crippen LogP contribution in [-0.4, -0.2) is 28.5 Å². The summed E-state index contributed by atoms with van der Waals surface area (Å²) < 4.78 is 15.1. The number of anilines is 1. The van der Waals surface area contributed by atoms with Crippen LogP contribution in [-0.2, 0) is 19.4 Å². The number of aromatic nitrogens is 2. The summed E-state index contributed by atoms with van der Waals surface area (Å²) in [7, 11) is 0. The van der Waals surface area contributed by atoms with Crippen molar-refractivity contribution in [3.63, 3.8) is 0 Å². The minimum absolute atomic E-state index is 0.0173. The van der Waals surface area contributed by atoms with E-state index < -0.39 is 6.17 Å². The Bertz CT molecular complexity index is 822. The molecule has 1 aromatic carbocycles. The number of nitrogen functional groups attached to an aromatic ring is 1. The zero-order valence-corrected chi connectivity index (χ0v) is 14.1. The molecule has 3 atom stereocenters. The Hall–Kier alpha value is -2.39. The zero-order chi connectivity index (χ0) is 17.4. The van der Waals surface area contributed by atoms with E-state index >= 15 is 0 Å². The molecular weight excluding hydrogens is 317 g/mol. The highest BCUT2D eigenvalue weighted by molar-refractivity contribution is 5.54. The number of hydrogen-bond acceptors (Lipinski definition) is 4. The van der Waals surface area contributed by atoms with Gasteiger partial charge in [0.15, 0.2) is 0 Å². The van der Waals surface area contributed by atoms with Crippen molar-refractivity contribution < 1.29 is 4.39 Å². The van der Waals surface area contributed by atoms with Crippen LogP contribution in [0.15, 0.2) is 24.3 Å². The summed E-state index contributed by atoms with van der Waals surface area (Å²) in [4.78, 5) is 0. The highest BCUT2D eigenvalue weighted by atomic mass is 19.1. The molecule has 0 radical (unpaired) electrons. The van der Waals surface area contributed by atoms with Gasteiger partial charge in [0, 0.05) is 18.5 Å². The Morgan fingerprint density at radius 2 is 2.16 bits per heavy atom. The lowest BCUT2D eigenvalue weighted by molar-refractivity contribution is 0.349. The van der Waals surface area contributed by atoms with Gasteiger partial charge in [-0.15, -0.1) is 0 Å². The van der Waals surface area contributed by atoms with E-state index in [1.807, 2.05) is 0 Å². The van der Waals surface area contributed by atoms with Crippen molar-refractivity contribution in [2.75, 3.05) is 12.3 Å². The normalized spacial score (nSPS) is 25.5. The molecule has 1 aliphatic heterocycles. The first kappa shape index (κ1) is 16.1. The SMILES string of the molecule is N#Cc1c([C@@H]2CCc3ccccc3C2)nn(C[C@@H]2C[C@@H](F)CN2)c1N. The van der Waals surface area contributed by atoms with Crippen molar-refractivity contribution >= 4 is 5.82 Å². The van der Waals surface area contributed by atoms with Crippen LogP contribution in [0.5, 0.6) is 0 Å². The molecule has 0 unspecified atom stereocenters. The number of alkyl halides is 1. The lowest BCUT2D eigenvalue weighted by atomic mass is 9.81. The molecule has 25 heavy (non-hydrogen) atoms. The summed E-state index contributed by atoms with van der Waals surface area (Å²) in [5, 5.41) is 17.4. The summed E-state index contributed by atoms with van der Waals surface area (Å²) in [6, 6.07) is 10.7. The third kappa shape index (κ3) is 3.00. The van der Waals surface area contributed by atoms with Gasteiger partial charge in [-0.1, -0.05) is 24.3 Å². The third-order valence-corrected chi connectivity index (χ3v) is 5.43. The lowest BCUT2D eigenvalue weighted by Gasteiger charge is -2.23. The van der Waals surface area contributed by atoms with Gasteiger partial charge in [-0.05, 0) is 36.8 Å². The zero-order valence-electron chi connectivity index (χ0n) is 14.1. The van der Waals surface area contributed by atoms with Gasteiger partial charge in [0.05, 0.1) is 12.2 Å². The first-order valence-corrected chi connectivity index (χ1v) is 8.86. The quantitative estimate of drug-likeness (QED) is 0.899. The standard InChI is InChI=1S/C19H22FN5/c20-15-8-16(23-10-15)11-25-19(22)17(9-21)18(24-25)14-6-5-12-3-1-2-4-13(12)7-14/h1-4,14-16,23H,5-8,10-11,22H2/t14-,15-,16+/m1/s1. The Morgan fingerprint density at radius 1 is 1.36 bits per heavy atom. The Labute approximate surface area is 146 Å². The van der Waals surface area contributed by atoms with Gasteiger partial charge in [-0.3, -0.25) is 0 Å². The fourth-order valence-electron chi connectivity index (χ4n) is 4.08. The summed E-state index contributed by atoms with van der Waals surface area (Å²) in [5.41, 5.74) is 10.2. The molecular formula is C19H22FN5. The summed E-state index contributed by atoms with van der Waals surface area (Å²) in [6.45, 7) is 0.882. The second-order valence-corrected chi connectivity index (χ2v) is 7.09.